The molecule has 216 valence electrons. The topological polar surface area (TPSA) is 91.3 Å². The minimum Gasteiger partial charge on any atom is -0.743 e. The van der Waals surface area contributed by atoms with Crippen LogP contribution in [-0.2, 0) is 19.2 Å². The van der Waals surface area contributed by atoms with Crippen molar-refractivity contribution >= 4 is 129 Å². The average Bonchev–Trinajstić information content (AvgIpc) is 3.56. The van der Waals surface area contributed by atoms with E-state index in [1.807, 2.05) is 18.2 Å². The molecule has 0 saturated carbocycles. The van der Waals surface area contributed by atoms with Gasteiger partial charge in [-0.25, -0.2) is 16.8 Å². The number of hydrogen-bond donors (Lipinski definition) is 0. The third kappa shape index (κ3) is 8.12. The van der Waals surface area contributed by atoms with E-state index in [4.69, 9.17) is 45.5 Å². The van der Waals surface area contributed by atoms with Crippen molar-refractivity contribution < 1.29 is 72.8 Å². The fraction of sp³-hybridized carbons (Fsp3) is 0.111. The molecule has 0 N–H and O–H groups in total. The van der Waals surface area contributed by atoms with Crippen LogP contribution in [0.4, 0.5) is 0 Å². The predicted octanol–water partition coefficient (Wildman–Crippen LogP) is 7.42. The first-order valence-corrected chi connectivity index (χ1v) is 18.9. The first-order valence-electron chi connectivity index (χ1n) is 11.5. The molecule has 6 aromatic rings. The standard InChI is InChI=1S/C9H6Cl2O2S2.C9H7ClO3S2.C9H7ClS.K/c2*1-5-6-3-2-4-7(10)8(6)14-9(5)15(11,12)13;1-6-5-11-9-7(6)3-2-4-8(9)10;/h2-4H,1H3;2-4H,1H3,(H,11,12,13);2-5H,1H3;/q;;;+1/p-1. The zero-order valence-electron chi connectivity index (χ0n) is 22.4. The van der Waals surface area contributed by atoms with Gasteiger partial charge in [-0.2, -0.15) is 0 Å². The minimum absolute atomic E-state index is 0. The number of hydrogen-bond acceptors (Lipinski definition) is 8. The summed E-state index contributed by atoms with van der Waals surface area (Å²) >= 11 is 21.6. The molecule has 0 spiro atoms. The Bertz CT molecular complexity index is 2020. The Hall–Kier alpha value is 0.196. The molecule has 0 aliphatic carbocycles. The monoisotopic (exact) mass is 762 g/mol. The Morgan fingerprint density at radius 3 is 1.45 bits per heavy atom. The smallest absolute Gasteiger partial charge is 0.743 e. The second-order valence-electron chi connectivity index (χ2n) is 8.69. The molecule has 3 aromatic carbocycles. The Balaban J connectivity index is 0.000000173. The van der Waals surface area contributed by atoms with Crippen LogP contribution < -0.4 is 51.4 Å². The molecule has 42 heavy (non-hydrogen) atoms. The normalized spacial score (nSPS) is 11.5. The minimum atomic E-state index is -4.40. The predicted molar refractivity (Wildman–Crippen MR) is 176 cm³/mol. The third-order valence-electron chi connectivity index (χ3n) is 5.94. The van der Waals surface area contributed by atoms with Crippen molar-refractivity contribution in [3.05, 3.63) is 91.7 Å². The van der Waals surface area contributed by atoms with Gasteiger partial charge in [0.1, 0.15) is 18.5 Å². The van der Waals surface area contributed by atoms with Gasteiger partial charge in [-0.15, -0.1) is 34.0 Å². The molecule has 0 saturated heterocycles. The van der Waals surface area contributed by atoms with E-state index in [1.54, 1.807) is 55.5 Å². The summed E-state index contributed by atoms with van der Waals surface area (Å²) in [6.07, 6.45) is 0. The summed E-state index contributed by atoms with van der Waals surface area (Å²) in [5.74, 6) is 0. The van der Waals surface area contributed by atoms with Gasteiger partial charge in [0, 0.05) is 10.7 Å². The van der Waals surface area contributed by atoms with Crippen LogP contribution in [-0.4, -0.2) is 21.4 Å². The fourth-order valence-corrected chi connectivity index (χ4v) is 10.6. The summed E-state index contributed by atoms with van der Waals surface area (Å²) in [5, 5.41) is 6.86. The molecule has 0 aliphatic heterocycles. The molecule has 3 aromatic heterocycles. The summed E-state index contributed by atoms with van der Waals surface area (Å²) in [6, 6.07) is 16.5. The average molecular weight is 765 g/mol. The van der Waals surface area contributed by atoms with Crippen molar-refractivity contribution in [3.63, 3.8) is 0 Å². The number of fused-ring (bicyclic) bond motifs is 3. The molecule has 0 unspecified atom stereocenters. The number of aryl methyl sites for hydroxylation is 3. The Morgan fingerprint density at radius 2 is 1.05 bits per heavy atom. The SMILES string of the molecule is Cc1c(S(=O)(=O)Cl)sc2c(Cl)cccc12.Cc1c(S(=O)(=O)[O-])sc2c(Cl)cccc12.Cc1csc2c(Cl)cccc12.[K+]. The van der Waals surface area contributed by atoms with E-state index in [0.29, 0.717) is 25.9 Å². The van der Waals surface area contributed by atoms with E-state index >= 15 is 0 Å². The van der Waals surface area contributed by atoms with Gasteiger partial charge in [-0.3, -0.25) is 0 Å². The summed E-state index contributed by atoms with van der Waals surface area (Å²) in [6.45, 7) is 5.44. The Kier molecular flexibility index (Phi) is 12.9. The van der Waals surface area contributed by atoms with Gasteiger partial charge in [0.2, 0.25) is 0 Å². The van der Waals surface area contributed by atoms with E-state index in [0.717, 1.165) is 43.2 Å². The van der Waals surface area contributed by atoms with Crippen molar-refractivity contribution in [1.29, 1.82) is 0 Å². The van der Waals surface area contributed by atoms with Gasteiger partial charge >= 0.3 is 51.4 Å². The van der Waals surface area contributed by atoms with Crippen molar-refractivity contribution in [1.82, 2.24) is 0 Å². The van der Waals surface area contributed by atoms with Crippen LogP contribution in [0.3, 0.4) is 0 Å². The Morgan fingerprint density at radius 1 is 0.643 bits per heavy atom. The maximum atomic E-state index is 11.3. The van der Waals surface area contributed by atoms with Gasteiger partial charge in [0.15, 0.2) is 0 Å². The van der Waals surface area contributed by atoms with Crippen LogP contribution in [0.2, 0.25) is 15.1 Å². The number of thiophene rings is 3. The fourth-order valence-electron chi connectivity index (χ4n) is 4.00. The van der Waals surface area contributed by atoms with Gasteiger partial charge < -0.3 is 4.55 Å². The summed E-state index contributed by atoms with van der Waals surface area (Å²) in [4.78, 5) is 0. The first kappa shape index (κ1) is 36.7. The molecule has 0 aliphatic rings. The number of halogens is 4. The van der Waals surface area contributed by atoms with Gasteiger partial charge in [-0.05, 0) is 77.2 Å². The van der Waals surface area contributed by atoms with Crippen molar-refractivity contribution in [2.24, 2.45) is 0 Å². The van der Waals surface area contributed by atoms with Gasteiger partial charge in [-0.1, -0.05) is 71.2 Å². The Labute approximate surface area is 318 Å². The molecule has 0 bridgehead atoms. The quantitative estimate of drug-likeness (QED) is 0.104. The summed E-state index contributed by atoms with van der Waals surface area (Å²) in [5.41, 5.74) is 2.45. The van der Waals surface area contributed by atoms with Gasteiger partial charge in [0.05, 0.1) is 29.2 Å². The molecule has 5 nitrogen and oxygen atoms in total. The summed E-state index contributed by atoms with van der Waals surface area (Å²) in [7, 11) is -2.76. The van der Waals surface area contributed by atoms with Crippen molar-refractivity contribution in [2.45, 2.75) is 29.2 Å². The summed E-state index contributed by atoms with van der Waals surface area (Å²) < 4.78 is 58.0. The van der Waals surface area contributed by atoms with Gasteiger partial charge in [0.25, 0.3) is 9.05 Å². The molecule has 0 amide bonds. The number of benzene rings is 3. The van der Waals surface area contributed by atoms with Crippen LogP contribution >= 0.6 is 79.5 Å². The van der Waals surface area contributed by atoms with E-state index in [9.17, 15) is 21.4 Å². The maximum Gasteiger partial charge on any atom is 1.00 e. The molecular weight excluding hydrogens is 746 g/mol. The molecule has 0 atom stereocenters. The van der Waals surface area contributed by atoms with E-state index in [-0.39, 0.29) is 59.8 Å². The molecule has 15 heteroatoms. The largest absolute Gasteiger partial charge is 1.00 e. The van der Waals surface area contributed by atoms with Crippen LogP contribution in [0.15, 0.2) is 68.4 Å². The molecule has 0 radical (unpaired) electrons. The molecule has 0 fully saturated rings. The molecule has 6 rings (SSSR count). The maximum absolute atomic E-state index is 11.3. The van der Waals surface area contributed by atoms with Crippen LogP contribution in [0.1, 0.15) is 16.7 Å². The number of rotatable bonds is 2. The van der Waals surface area contributed by atoms with Crippen LogP contribution in [0, 0.1) is 20.8 Å². The van der Waals surface area contributed by atoms with Crippen LogP contribution in [0.25, 0.3) is 30.3 Å². The zero-order chi connectivity index (χ0) is 30.3. The zero-order valence-corrected chi connectivity index (χ0v) is 32.6. The van der Waals surface area contributed by atoms with Crippen LogP contribution in [0.5, 0.6) is 0 Å². The van der Waals surface area contributed by atoms with E-state index < -0.39 is 19.2 Å². The molecule has 3 heterocycles. The second kappa shape index (κ2) is 14.7. The van der Waals surface area contributed by atoms with Crippen molar-refractivity contribution in [2.75, 3.05) is 0 Å². The third-order valence-corrected chi connectivity index (χ3v) is 14.7. The first-order chi connectivity index (χ1) is 19.1. The van der Waals surface area contributed by atoms with E-state index in [2.05, 4.69) is 18.4 Å². The molecular formula is C27H19Cl4KO5S5. The second-order valence-corrected chi connectivity index (χ2v) is 17.2. The van der Waals surface area contributed by atoms with Crippen molar-refractivity contribution in [3.8, 4) is 0 Å². The van der Waals surface area contributed by atoms with E-state index in [1.165, 1.54) is 15.6 Å².